The van der Waals surface area contributed by atoms with Crippen LogP contribution >= 0.6 is 12.2 Å². The molecule has 0 aromatic heterocycles. The van der Waals surface area contributed by atoms with Crippen molar-refractivity contribution in [2.45, 2.75) is 6.10 Å². The highest BCUT2D eigenvalue weighted by Gasteiger charge is 2.32. The molecule has 1 aromatic rings. The Morgan fingerprint density at radius 3 is 2.05 bits per heavy atom. The van der Waals surface area contributed by atoms with Crippen LogP contribution in [-0.2, 0) is 4.74 Å². The number of rotatable bonds is 2. The topological polar surface area (TPSA) is 38.5 Å². The minimum atomic E-state index is -2.19. The molecule has 0 saturated carbocycles. The Balaban J connectivity index is 2.45. The third-order valence-corrected chi connectivity index (χ3v) is 3.15. The van der Waals surface area contributed by atoms with E-state index in [9.17, 15) is 22.0 Å². The van der Waals surface area contributed by atoms with Crippen molar-refractivity contribution in [1.29, 1.82) is 0 Å². The van der Waals surface area contributed by atoms with Gasteiger partial charge in [0.1, 0.15) is 16.8 Å². The van der Waals surface area contributed by atoms with Gasteiger partial charge in [-0.1, -0.05) is 12.2 Å². The van der Waals surface area contributed by atoms with Gasteiger partial charge in [0.05, 0.1) is 13.2 Å². The molecule has 1 atom stereocenters. The largest absolute Gasteiger partial charge is 0.391 e. The fraction of sp³-hybridized carbons (Fsp3) is 0.364. The second kappa shape index (κ2) is 5.49. The van der Waals surface area contributed by atoms with Gasteiger partial charge in [-0.25, -0.2) is 22.0 Å². The zero-order chi connectivity index (χ0) is 15.0. The molecule has 2 rings (SSSR count). The van der Waals surface area contributed by atoms with E-state index in [0.29, 0.717) is 0 Å². The molecule has 1 unspecified atom stereocenters. The molecular formula is C11H9F5N2OS. The van der Waals surface area contributed by atoms with E-state index in [1.54, 1.807) is 0 Å². The lowest BCUT2D eigenvalue weighted by atomic mass is 10.2. The number of thiocarbonyl (C=S) groups is 1. The molecule has 1 saturated heterocycles. The van der Waals surface area contributed by atoms with Crippen molar-refractivity contribution >= 4 is 22.9 Å². The first-order valence-corrected chi connectivity index (χ1v) is 5.92. The Morgan fingerprint density at radius 2 is 1.55 bits per heavy atom. The molecule has 3 nitrogen and oxygen atoms in total. The van der Waals surface area contributed by atoms with Crippen LogP contribution in [-0.4, -0.2) is 30.8 Å². The number of benzene rings is 1. The van der Waals surface area contributed by atoms with Crippen molar-refractivity contribution in [3.05, 3.63) is 29.1 Å². The molecule has 0 amide bonds. The standard InChI is InChI=1S/C11H9F5N2OS/c12-5-6(13)8(15)10(9(16)7(5)14)18-1-2-19-4(3-18)11(17)20/h4H,1-3H2,(H2,17,20). The van der Waals surface area contributed by atoms with E-state index in [1.165, 1.54) is 0 Å². The van der Waals surface area contributed by atoms with Crippen LogP contribution in [0.4, 0.5) is 27.6 Å². The highest BCUT2D eigenvalue weighted by Crippen LogP contribution is 2.31. The summed E-state index contributed by atoms with van der Waals surface area (Å²) in [6, 6.07) is 0. The predicted octanol–water partition coefficient (Wildman–Crippen LogP) is 1.87. The average Bonchev–Trinajstić information content (AvgIpc) is 2.43. The number of hydrogen-bond acceptors (Lipinski definition) is 3. The van der Waals surface area contributed by atoms with Gasteiger partial charge in [0, 0.05) is 6.54 Å². The fourth-order valence-electron chi connectivity index (χ4n) is 1.90. The summed E-state index contributed by atoms with van der Waals surface area (Å²) in [7, 11) is 0. The molecule has 1 aliphatic heterocycles. The molecule has 20 heavy (non-hydrogen) atoms. The van der Waals surface area contributed by atoms with Gasteiger partial charge >= 0.3 is 0 Å². The van der Waals surface area contributed by atoms with Crippen LogP contribution in [0.15, 0.2) is 0 Å². The van der Waals surface area contributed by atoms with Crippen molar-refractivity contribution in [3.63, 3.8) is 0 Å². The van der Waals surface area contributed by atoms with Crippen LogP contribution in [0.1, 0.15) is 0 Å². The molecule has 1 fully saturated rings. The fourth-order valence-corrected chi connectivity index (χ4v) is 2.04. The number of hydrogen-bond donors (Lipinski definition) is 1. The summed E-state index contributed by atoms with van der Waals surface area (Å²) in [6.45, 7) is -0.230. The highest BCUT2D eigenvalue weighted by atomic mass is 32.1. The van der Waals surface area contributed by atoms with Crippen LogP contribution in [0.25, 0.3) is 0 Å². The number of halogens is 5. The Morgan fingerprint density at radius 1 is 1.05 bits per heavy atom. The summed E-state index contributed by atoms with van der Waals surface area (Å²) in [6.07, 6.45) is -0.811. The lowest BCUT2D eigenvalue weighted by Gasteiger charge is -2.34. The first-order valence-electron chi connectivity index (χ1n) is 5.52. The third kappa shape index (κ3) is 2.42. The molecule has 2 N–H and O–H groups in total. The summed E-state index contributed by atoms with van der Waals surface area (Å²) in [5.41, 5.74) is 4.36. The van der Waals surface area contributed by atoms with Crippen molar-refractivity contribution < 1.29 is 26.7 Å². The molecule has 0 bridgehead atoms. The summed E-state index contributed by atoms with van der Waals surface area (Å²) in [5, 5.41) is 0. The molecule has 1 heterocycles. The van der Waals surface area contributed by atoms with E-state index in [2.05, 4.69) is 12.2 Å². The van der Waals surface area contributed by atoms with E-state index in [-0.39, 0.29) is 24.7 Å². The second-order valence-electron chi connectivity index (χ2n) is 4.13. The first kappa shape index (κ1) is 14.9. The van der Waals surface area contributed by atoms with Crippen LogP contribution in [0, 0.1) is 29.1 Å². The molecule has 0 radical (unpaired) electrons. The summed E-state index contributed by atoms with van der Waals surface area (Å²) in [5.74, 6) is -9.94. The predicted molar refractivity (Wildman–Crippen MR) is 65.0 cm³/mol. The maximum atomic E-state index is 13.6. The van der Waals surface area contributed by atoms with Gasteiger partial charge in [0.15, 0.2) is 23.3 Å². The molecule has 0 spiro atoms. The minimum absolute atomic E-state index is 0.00149. The molecular weight excluding hydrogens is 303 g/mol. The number of nitrogens with two attached hydrogens (primary N) is 1. The van der Waals surface area contributed by atoms with Crippen LogP contribution in [0.5, 0.6) is 0 Å². The normalized spacial score (nSPS) is 19.2. The summed E-state index contributed by atoms with van der Waals surface area (Å²) >= 11 is 4.69. The molecule has 0 aliphatic carbocycles. The Hall–Kier alpha value is -1.48. The van der Waals surface area contributed by atoms with Crippen molar-refractivity contribution in [1.82, 2.24) is 0 Å². The highest BCUT2D eigenvalue weighted by molar-refractivity contribution is 7.80. The van der Waals surface area contributed by atoms with Gasteiger partial charge in [-0.15, -0.1) is 0 Å². The number of morpholine rings is 1. The van der Waals surface area contributed by atoms with Crippen LogP contribution in [0.3, 0.4) is 0 Å². The van der Waals surface area contributed by atoms with E-state index in [1.807, 2.05) is 0 Å². The average molecular weight is 312 g/mol. The summed E-state index contributed by atoms with van der Waals surface area (Å²) in [4.78, 5) is 0.919. The van der Waals surface area contributed by atoms with E-state index in [0.717, 1.165) is 4.90 Å². The number of nitrogens with zero attached hydrogens (tertiary/aromatic N) is 1. The minimum Gasteiger partial charge on any atom is -0.391 e. The Labute approximate surface area is 116 Å². The van der Waals surface area contributed by atoms with E-state index < -0.39 is 40.9 Å². The zero-order valence-electron chi connectivity index (χ0n) is 9.93. The van der Waals surface area contributed by atoms with Gasteiger partial charge in [-0.05, 0) is 0 Å². The molecule has 9 heteroatoms. The quantitative estimate of drug-likeness (QED) is 0.392. The number of ether oxygens (including phenoxy) is 1. The summed E-state index contributed by atoms with van der Waals surface area (Å²) < 4.78 is 71.7. The van der Waals surface area contributed by atoms with E-state index >= 15 is 0 Å². The SMILES string of the molecule is NC(=S)C1CN(c2c(F)c(F)c(F)c(F)c2F)CCO1. The molecule has 1 aromatic carbocycles. The van der Waals surface area contributed by atoms with Crippen LogP contribution < -0.4 is 10.6 Å². The monoisotopic (exact) mass is 312 g/mol. The van der Waals surface area contributed by atoms with Crippen LogP contribution in [0.2, 0.25) is 0 Å². The van der Waals surface area contributed by atoms with Gasteiger partial charge in [-0.2, -0.15) is 0 Å². The maximum absolute atomic E-state index is 13.6. The van der Waals surface area contributed by atoms with E-state index in [4.69, 9.17) is 10.5 Å². The van der Waals surface area contributed by atoms with Gasteiger partial charge in [0.25, 0.3) is 0 Å². The molecule has 110 valence electrons. The molecule has 1 aliphatic rings. The third-order valence-electron chi connectivity index (χ3n) is 2.89. The van der Waals surface area contributed by atoms with Crippen molar-refractivity contribution in [2.24, 2.45) is 5.73 Å². The lowest BCUT2D eigenvalue weighted by Crippen LogP contribution is -2.48. The van der Waals surface area contributed by atoms with Gasteiger partial charge in [-0.3, -0.25) is 0 Å². The van der Waals surface area contributed by atoms with Gasteiger partial charge < -0.3 is 15.4 Å². The second-order valence-corrected chi connectivity index (χ2v) is 4.60. The maximum Gasteiger partial charge on any atom is 0.200 e. The van der Waals surface area contributed by atoms with Crippen molar-refractivity contribution in [2.75, 3.05) is 24.6 Å². The lowest BCUT2D eigenvalue weighted by molar-refractivity contribution is 0.0840. The Bertz CT molecular complexity index is 539. The Kier molecular flexibility index (Phi) is 4.09. The number of anilines is 1. The smallest absolute Gasteiger partial charge is 0.200 e. The van der Waals surface area contributed by atoms with Gasteiger partial charge in [0.2, 0.25) is 5.82 Å². The zero-order valence-corrected chi connectivity index (χ0v) is 10.7. The van der Waals surface area contributed by atoms with Crippen molar-refractivity contribution in [3.8, 4) is 0 Å². The first-order chi connectivity index (χ1) is 9.34.